The van der Waals surface area contributed by atoms with Crippen molar-refractivity contribution >= 4 is 5.82 Å². The monoisotopic (exact) mass is 190 g/mol. The minimum absolute atomic E-state index is 0.538. The van der Waals surface area contributed by atoms with Crippen LogP contribution in [0.4, 0.5) is 5.82 Å². The largest absolute Gasteiger partial charge is 0.383 e. The van der Waals surface area contributed by atoms with E-state index in [4.69, 9.17) is 11.0 Å². The van der Waals surface area contributed by atoms with Crippen LogP contribution in [-0.2, 0) is 6.54 Å². The number of pyridine rings is 1. The molecule has 0 amide bonds. The Labute approximate surface area is 84.0 Å². The molecule has 4 heteroatoms. The zero-order valence-electron chi connectivity index (χ0n) is 8.27. The van der Waals surface area contributed by atoms with Crippen LogP contribution in [0, 0.1) is 11.3 Å². The molecule has 0 unspecified atom stereocenters. The molecule has 0 radical (unpaired) electrons. The zero-order valence-corrected chi connectivity index (χ0v) is 8.27. The van der Waals surface area contributed by atoms with Gasteiger partial charge < -0.3 is 10.6 Å². The molecule has 0 aliphatic carbocycles. The molecule has 0 spiro atoms. The zero-order chi connectivity index (χ0) is 10.4. The first-order chi connectivity index (χ1) is 6.74. The first kappa shape index (κ1) is 10.5. The summed E-state index contributed by atoms with van der Waals surface area (Å²) < 4.78 is 0. The van der Waals surface area contributed by atoms with Gasteiger partial charge in [0.25, 0.3) is 0 Å². The summed E-state index contributed by atoms with van der Waals surface area (Å²) in [7, 11) is 1.96. The molecule has 0 aliphatic rings. The summed E-state index contributed by atoms with van der Waals surface area (Å²) in [6, 6.07) is 5.92. The number of rotatable bonds is 4. The predicted octanol–water partition coefficient (Wildman–Crippen LogP) is 1.01. The number of nitrogen functional groups attached to an aromatic ring is 1. The fourth-order valence-electron chi connectivity index (χ4n) is 1.20. The molecule has 1 heterocycles. The highest BCUT2D eigenvalue weighted by Gasteiger charge is 2.03. The average molecular weight is 190 g/mol. The Morgan fingerprint density at radius 1 is 1.64 bits per heavy atom. The van der Waals surface area contributed by atoms with Gasteiger partial charge in [0.1, 0.15) is 5.82 Å². The SMILES string of the molecule is CN(CCC#N)Cc1cccnc1N. The first-order valence-corrected chi connectivity index (χ1v) is 4.49. The van der Waals surface area contributed by atoms with E-state index in [1.165, 1.54) is 0 Å². The van der Waals surface area contributed by atoms with Crippen LogP contribution in [0.25, 0.3) is 0 Å². The smallest absolute Gasteiger partial charge is 0.127 e. The number of nitrogens with two attached hydrogens (primary N) is 1. The summed E-state index contributed by atoms with van der Waals surface area (Å²) in [4.78, 5) is 6.05. The van der Waals surface area contributed by atoms with E-state index in [9.17, 15) is 0 Å². The van der Waals surface area contributed by atoms with Gasteiger partial charge >= 0.3 is 0 Å². The lowest BCUT2D eigenvalue weighted by Crippen LogP contribution is -2.19. The molecule has 0 aliphatic heterocycles. The van der Waals surface area contributed by atoms with Gasteiger partial charge in [-0.15, -0.1) is 0 Å². The summed E-state index contributed by atoms with van der Waals surface area (Å²) in [5.74, 6) is 0.566. The molecule has 1 aromatic rings. The van der Waals surface area contributed by atoms with Gasteiger partial charge in [-0.1, -0.05) is 6.07 Å². The van der Waals surface area contributed by atoms with Crippen LogP contribution in [-0.4, -0.2) is 23.5 Å². The lowest BCUT2D eigenvalue weighted by molar-refractivity contribution is 0.335. The molecule has 0 aromatic carbocycles. The predicted molar refractivity (Wildman–Crippen MR) is 55.2 cm³/mol. The maximum atomic E-state index is 8.42. The Morgan fingerprint density at radius 3 is 3.07 bits per heavy atom. The van der Waals surface area contributed by atoms with Crippen molar-refractivity contribution in [3.05, 3.63) is 23.9 Å². The highest BCUT2D eigenvalue weighted by molar-refractivity contribution is 5.38. The number of hydrogen-bond donors (Lipinski definition) is 1. The highest BCUT2D eigenvalue weighted by Crippen LogP contribution is 2.09. The molecule has 1 rings (SSSR count). The van der Waals surface area contributed by atoms with Crippen molar-refractivity contribution in [1.29, 1.82) is 5.26 Å². The summed E-state index contributed by atoms with van der Waals surface area (Å²) in [6.07, 6.45) is 2.21. The summed E-state index contributed by atoms with van der Waals surface area (Å²) in [6.45, 7) is 1.49. The second-order valence-corrected chi connectivity index (χ2v) is 3.19. The Hall–Kier alpha value is -1.60. The average Bonchev–Trinajstić information content (AvgIpc) is 2.18. The van der Waals surface area contributed by atoms with Crippen LogP contribution in [0.5, 0.6) is 0 Å². The Bertz CT molecular complexity index is 329. The maximum Gasteiger partial charge on any atom is 0.127 e. The summed E-state index contributed by atoms with van der Waals surface area (Å²) in [5, 5.41) is 8.42. The quantitative estimate of drug-likeness (QED) is 0.769. The molecule has 2 N–H and O–H groups in total. The van der Waals surface area contributed by atoms with E-state index >= 15 is 0 Å². The molecule has 0 fully saturated rings. The number of hydrogen-bond acceptors (Lipinski definition) is 4. The Balaban J connectivity index is 2.52. The Kier molecular flexibility index (Phi) is 3.89. The van der Waals surface area contributed by atoms with Crippen LogP contribution in [0.15, 0.2) is 18.3 Å². The second kappa shape index (κ2) is 5.20. The fraction of sp³-hybridized carbons (Fsp3) is 0.400. The fourth-order valence-corrected chi connectivity index (χ4v) is 1.20. The number of anilines is 1. The van der Waals surface area contributed by atoms with Gasteiger partial charge in [-0.3, -0.25) is 0 Å². The van der Waals surface area contributed by atoms with E-state index in [1.807, 2.05) is 19.2 Å². The molecular weight excluding hydrogens is 176 g/mol. The molecule has 14 heavy (non-hydrogen) atoms. The van der Waals surface area contributed by atoms with E-state index in [0.717, 1.165) is 18.7 Å². The third kappa shape index (κ3) is 3.04. The lowest BCUT2D eigenvalue weighted by atomic mass is 10.2. The molecule has 1 aromatic heterocycles. The molecule has 74 valence electrons. The highest BCUT2D eigenvalue weighted by atomic mass is 15.1. The van der Waals surface area contributed by atoms with E-state index in [2.05, 4.69) is 16.0 Å². The van der Waals surface area contributed by atoms with Crippen molar-refractivity contribution in [3.63, 3.8) is 0 Å². The maximum absolute atomic E-state index is 8.42. The van der Waals surface area contributed by atoms with Crippen LogP contribution in [0.1, 0.15) is 12.0 Å². The van der Waals surface area contributed by atoms with E-state index < -0.39 is 0 Å². The third-order valence-electron chi connectivity index (χ3n) is 1.97. The minimum atomic E-state index is 0.538. The van der Waals surface area contributed by atoms with Gasteiger partial charge in [0, 0.05) is 31.3 Å². The van der Waals surface area contributed by atoms with Gasteiger partial charge in [0.05, 0.1) is 6.07 Å². The molecule has 0 bridgehead atoms. The Morgan fingerprint density at radius 2 is 2.43 bits per heavy atom. The van der Waals surface area contributed by atoms with Crippen molar-refractivity contribution in [3.8, 4) is 6.07 Å². The van der Waals surface area contributed by atoms with Gasteiger partial charge in [-0.05, 0) is 13.1 Å². The molecule has 0 atom stereocenters. The van der Waals surface area contributed by atoms with Gasteiger partial charge in [-0.2, -0.15) is 5.26 Å². The molecule has 0 saturated heterocycles. The van der Waals surface area contributed by atoms with Gasteiger partial charge in [0.2, 0.25) is 0 Å². The third-order valence-corrected chi connectivity index (χ3v) is 1.97. The van der Waals surface area contributed by atoms with E-state index in [0.29, 0.717) is 12.2 Å². The number of aromatic nitrogens is 1. The lowest BCUT2D eigenvalue weighted by Gasteiger charge is -2.15. The van der Waals surface area contributed by atoms with Crippen molar-refractivity contribution in [2.45, 2.75) is 13.0 Å². The summed E-state index contributed by atoms with van der Waals surface area (Å²) >= 11 is 0. The van der Waals surface area contributed by atoms with Crippen LogP contribution in [0.2, 0.25) is 0 Å². The molecule has 0 saturated carbocycles. The minimum Gasteiger partial charge on any atom is -0.383 e. The molecular formula is C10H14N4. The van der Waals surface area contributed by atoms with Crippen molar-refractivity contribution in [1.82, 2.24) is 9.88 Å². The normalized spacial score (nSPS) is 10.1. The van der Waals surface area contributed by atoms with Crippen molar-refractivity contribution in [2.24, 2.45) is 0 Å². The van der Waals surface area contributed by atoms with Crippen LogP contribution >= 0.6 is 0 Å². The van der Waals surface area contributed by atoms with E-state index in [1.54, 1.807) is 6.20 Å². The standard InChI is InChI=1S/C10H14N4/c1-14(7-3-5-11)8-9-4-2-6-13-10(9)12/h2,4,6H,3,7-8H2,1H3,(H2,12,13). The van der Waals surface area contributed by atoms with Crippen LogP contribution < -0.4 is 5.73 Å². The van der Waals surface area contributed by atoms with Gasteiger partial charge in [0.15, 0.2) is 0 Å². The molecule has 4 nitrogen and oxygen atoms in total. The van der Waals surface area contributed by atoms with Crippen LogP contribution in [0.3, 0.4) is 0 Å². The number of nitriles is 1. The van der Waals surface area contributed by atoms with Crippen molar-refractivity contribution < 1.29 is 0 Å². The topological polar surface area (TPSA) is 65.9 Å². The summed E-state index contributed by atoms with van der Waals surface area (Å²) in [5.41, 5.74) is 6.70. The number of nitrogens with zero attached hydrogens (tertiary/aromatic N) is 3. The second-order valence-electron chi connectivity index (χ2n) is 3.19. The van der Waals surface area contributed by atoms with E-state index in [-0.39, 0.29) is 0 Å². The van der Waals surface area contributed by atoms with Crippen molar-refractivity contribution in [2.75, 3.05) is 19.3 Å². The van der Waals surface area contributed by atoms with Gasteiger partial charge in [-0.25, -0.2) is 4.98 Å². The first-order valence-electron chi connectivity index (χ1n) is 4.49.